The number of hydrogen-bond donors (Lipinski definition) is 1. The molecule has 1 aliphatic carbocycles. The highest BCUT2D eigenvalue weighted by molar-refractivity contribution is 7.09. The van der Waals surface area contributed by atoms with Crippen molar-refractivity contribution in [2.24, 2.45) is 5.73 Å². The molecule has 1 aromatic heterocycles. The monoisotopic (exact) mass is 386 g/mol. The van der Waals surface area contributed by atoms with Crippen LogP contribution >= 0.6 is 11.3 Å². The molecule has 0 aliphatic heterocycles. The van der Waals surface area contributed by atoms with Crippen molar-refractivity contribution >= 4 is 17.3 Å². The summed E-state index contributed by atoms with van der Waals surface area (Å²) < 4.78 is 5.56. The van der Waals surface area contributed by atoms with E-state index in [9.17, 15) is 4.79 Å². The zero-order valence-corrected chi connectivity index (χ0v) is 17.0. The summed E-state index contributed by atoms with van der Waals surface area (Å²) in [5, 5.41) is 2.16. The van der Waals surface area contributed by atoms with Crippen LogP contribution in [0.25, 0.3) is 0 Å². The third kappa shape index (κ3) is 5.41. The fourth-order valence-corrected chi connectivity index (χ4v) is 4.62. The molecule has 2 aromatic rings. The van der Waals surface area contributed by atoms with Crippen LogP contribution in [0.15, 0.2) is 35.7 Å². The summed E-state index contributed by atoms with van der Waals surface area (Å²) in [4.78, 5) is 16.0. The molecule has 5 heteroatoms. The van der Waals surface area contributed by atoms with Gasteiger partial charge in [0.1, 0.15) is 5.75 Å². The van der Waals surface area contributed by atoms with E-state index in [1.807, 2.05) is 23.5 Å². The zero-order valence-electron chi connectivity index (χ0n) is 16.2. The third-order valence-corrected chi connectivity index (χ3v) is 6.17. The van der Waals surface area contributed by atoms with E-state index in [0.29, 0.717) is 12.6 Å². The minimum Gasteiger partial charge on any atom is -0.426 e. The van der Waals surface area contributed by atoms with Crippen LogP contribution in [0.1, 0.15) is 42.2 Å². The van der Waals surface area contributed by atoms with Gasteiger partial charge >= 0.3 is 5.97 Å². The van der Waals surface area contributed by atoms with E-state index in [2.05, 4.69) is 35.4 Å². The van der Waals surface area contributed by atoms with Gasteiger partial charge in [0, 0.05) is 24.0 Å². The molecule has 0 bridgehead atoms. The Morgan fingerprint density at radius 1 is 1.30 bits per heavy atom. The van der Waals surface area contributed by atoms with Crippen LogP contribution < -0.4 is 10.5 Å². The van der Waals surface area contributed by atoms with Crippen molar-refractivity contribution in [3.63, 3.8) is 0 Å². The van der Waals surface area contributed by atoms with Gasteiger partial charge in [0.25, 0.3) is 0 Å². The molecule has 2 N–H and O–H groups in total. The quantitative estimate of drug-likeness (QED) is 0.526. The number of esters is 1. The van der Waals surface area contributed by atoms with Gasteiger partial charge in [0.2, 0.25) is 0 Å². The Balaban J connectivity index is 1.67. The molecule has 0 amide bonds. The standard InChI is InChI=1S/C22H30N2O2S/c1-2-13-24(14-11-19-6-4-15-27-19)18-8-9-20-17(16-18)5-3-7-21(20)26-22(25)10-12-23/h3-7,15,18H,2,8-14,16,23H2,1H3/t18-/m0/s1. The first kappa shape index (κ1) is 20.1. The molecule has 0 saturated heterocycles. The van der Waals surface area contributed by atoms with Gasteiger partial charge in [-0.1, -0.05) is 25.1 Å². The smallest absolute Gasteiger partial charge is 0.312 e. The molecule has 4 nitrogen and oxygen atoms in total. The van der Waals surface area contributed by atoms with Gasteiger partial charge < -0.3 is 10.5 Å². The second kappa shape index (κ2) is 10.0. The van der Waals surface area contributed by atoms with Gasteiger partial charge in [-0.15, -0.1) is 11.3 Å². The summed E-state index contributed by atoms with van der Waals surface area (Å²) >= 11 is 1.85. The summed E-state index contributed by atoms with van der Waals surface area (Å²) in [5.41, 5.74) is 7.98. The van der Waals surface area contributed by atoms with Crippen LogP contribution in [-0.2, 0) is 24.1 Å². The number of ether oxygens (including phenoxy) is 1. The highest BCUT2D eigenvalue weighted by Crippen LogP contribution is 2.32. The molecule has 146 valence electrons. The van der Waals surface area contributed by atoms with Gasteiger partial charge in [-0.05, 0) is 67.3 Å². The molecule has 1 atom stereocenters. The molecular formula is C22H30N2O2S. The van der Waals surface area contributed by atoms with Gasteiger partial charge in [0.15, 0.2) is 0 Å². The number of thiophene rings is 1. The van der Waals surface area contributed by atoms with Crippen LogP contribution in [0, 0.1) is 0 Å². The molecular weight excluding hydrogens is 356 g/mol. The minimum absolute atomic E-state index is 0.239. The van der Waals surface area contributed by atoms with Crippen molar-refractivity contribution in [1.29, 1.82) is 0 Å². The van der Waals surface area contributed by atoms with E-state index in [1.54, 1.807) is 0 Å². The van der Waals surface area contributed by atoms with Crippen LogP contribution in [0.5, 0.6) is 5.75 Å². The lowest BCUT2D eigenvalue weighted by Crippen LogP contribution is -2.41. The van der Waals surface area contributed by atoms with E-state index in [1.165, 1.54) is 22.4 Å². The minimum atomic E-state index is -0.239. The molecule has 0 fully saturated rings. The van der Waals surface area contributed by atoms with Gasteiger partial charge in [-0.25, -0.2) is 0 Å². The Bertz CT molecular complexity index is 730. The first-order valence-electron chi connectivity index (χ1n) is 9.99. The lowest BCUT2D eigenvalue weighted by atomic mass is 9.86. The number of rotatable bonds is 9. The SMILES string of the molecule is CCCN(CCc1cccs1)[C@H]1CCc2c(cccc2OC(=O)CCN)C1. The number of benzene rings is 1. The lowest BCUT2D eigenvalue weighted by Gasteiger charge is -2.35. The Morgan fingerprint density at radius 2 is 2.19 bits per heavy atom. The molecule has 0 radical (unpaired) electrons. The summed E-state index contributed by atoms with van der Waals surface area (Å²) in [6.45, 7) is 4.83. The summed E-state index contributed by atoms with van der Waals surface area (Å²) in [5.74, 6) is 0.488. The topological polar surface area (TPSA) is 55.6 Å². The van der Waals surface area contributed by atoms with Gasteiger partial charge in [-0.3, -0.25) is 9.69 Å². The van der Waals surface area contributed by atoms with Crippen molar-refractivity contribution in [1.82, 2.24) is 4.90 Å². The maximum absolute atomic E-state index is 11.8. The van der Waals surface area contributed by atoms with Crippen LogP contribution in [0.3, 0.4) is 0 Å². The van der Waals surface area contributed by atoms with Crippen LogP contribution in [-0.4, -0.2) is 36.5 Å². The number of carbonyl (C=O) groups is 1. The Kier molecular flexibility index (Phi) is 7.44. The van der Waals surface area contributed by atoms with E-state index in [0.717, 1.165) is 44.5 Å². The van der Waals surface area contributed by atoms with Gasteiger partial charge in [-0.2, -0.15) is 0 Å². The highest BCUT2D eigenvalue weighted by atomic mass is 32.1. The Morgan fingerprint density at radius 3 is 2.93 bits per heavy atom. The summed E-state index contributed by atoms with van der Waals surface area (Å²) in [7, 11) is 0. The van der Waals surface area contributed by atoms with Crippen LogP contribution in [0.4, 0.5) is 0 Å². The highest BCUT2D eigenvalue weighted by Gasteiger charge is 2.26. The first-order chi connectivity index (χ1) is 13.2. The molecule has 1 heterocycles. The van der Waals surface area contributed by atoms with Crippen molar-refractivity contribution in [3.05, 3.63) is 51.7 Å². The fraction of sp³-hybridized carbons (Fsp3) is 0.500. The molecule has 0 saturated carbocycles. The van der Waals surface area contributed by atoms with Crippen LogP contribution in [0.2, 0.25) is 0 Å². The predicted molar refractivity (Wildman–Crippen MR) is 111 cm³/mol. The van der Waals surface area contributed by atoms with E-state index < -0.39 is 0 Å². The molecule has 1 aliphatic rings. The number of carbonyl (C=O) groups excluding carboxylic acids is 1. The number of hydrogen-bond acceptors (Lipinski definition) is 5. The number of nitrogens with zero attached hydrogens (tertiary/aromatic N) is 1. The molecule has 1 aromatic carbocycles. The molecule has 27 heavy (non-hydrogen) atoms. The van der Waals surface area contributed by atoms with E-state index in [4.69, 9.17) is 10.5 Å². The second-order valence-corrected chi connectivity index (χ2v) is 8.20. The second-order valence-electron chi connectivity index (χ2n) is 7.17. The Hall–Kier alpha value is -1.69. The van der Waals surface area contributed by atoms with Crippen molar-refractivity contribution in [2.45, 2.75) is 51.5 Å². The lowest BCUT2D eigenvalue weighted by molar-refractivity contribution is -0.134. The maximum atomic E-state index is 11.8. The summed E-state index contributed by atoms with van der Waals surface area (Å²) in [6.07, 6.45) is 5.66. The zero-order chi connectivity index (χ0) is 19.1. The van der Waals surface area contributed by atoms with E-state index >= 15 is 0 Å². The Labute approximate surface area is 166 Å². The average Bonchev–Trinajstić information content (AvgIpc) is 3.19. The summed E-state index contributed by atoms with van der Waals surface area (Å²) in [6, 6.07) is 11.0. The van der Waals surface area contributed by atoms with E-state index in [-0.39, 0.29) is 12.4 Å². The average molecular weight is 387 g/mol. The van der Waals surface area contributed by atoms with Crippen molar-refractivity contribution in [2.75, 3.05) is 19.6 Å². The molecule has 3 rings (SSSR count). The fourth-order valence-electron chi connectivity index (χ4n) is 3.92. The largest absolute Gasteiger partial charge is 0.426 e. The van der Waals surface area contributed by atoms with Crippen molar-refractivity contribution < 1.29 is 9.53 Å². The third-order valence-electron chi connectivity index (χ3n) is 5.24. The van der Waals surface area contributed by atoms with Gasteiger partial charge in [0.05, 0.1) is 6.42 Å². The number of nitrogens with two attached hydrogens (primary N) is 1. The first-order valence-corrected chi connectivity index (χ1v) is 10.9. The molecule has 0 unspecified atom stereocenters. The molecule has 0 spiro atoms. The van der Waals surface area contributed by atoms with Crippen molar-refractivity contribution in [3.8, 4) is 5.75 Å². The maximum Gasteiger partial charge on any atom is 0.312 e. The number of fused-ring (bicyclic) bond motifs is 1. The predicted octanol–water partition coefficient (Wildman–Crippen LogP) is 3.81. The normalized spacial score (nSPS) is 16.3.